The summed E-state index contributed by atoms with van der Waals surface area (Å²) in [6.07, 6.45) is 2.20. The van der Waals surface area contributed by atoms with Gasteiger partial charge in [0.25, 0.3) is 5.56 Å². The van der Waals surface area contributed by atoms with Crippen molar-refractivity contribution in [2.45, 2.75) is 26.9 Å². The minimum atomic E-state index is -0.539. The van der Waals surface area contributed by atoms with Crippen LogP contribution in [0.15, 0.2) is 38.2 Å². The molecule has 3 aromatic heterocycles. The molecule has 7 nitrogen and oxygen atoms in total. The third-order valence-electron chi connectivity index (χ3n) is 3.50. The van der Waals surface area contributed by atoms with Crippen LogP contribution >= 0.6 is 15.9 Å². The molecule has 0 amide bonds. The highest BCUT2D eigenvalue weighted by atomic mass is 79.9. The zero-order valence-corrected chi connectivity index (χ0v) is 14.7. The number of carbonyl (C=O) groups excluding carboxylic acids is 1. The quantitative estimate of drug-likeness (QED) is 0.635. The van der Waals surface area contributed by atoms with Crippen molar-refractivity contribution in [3.05, 3.63) is 61.9 Å². The SMILES string of the molecule is CCc1noc(C)c1C(=O)OCc1cc(=O)n2cc(Br)ccc2n1. The zero-order chi connectivity index (χ0) is 17.3. The summed E-state index contributed by atoms with van der Waals surface area (Å²) in [5.41, 5.74) is 1.49. The first-order chi connectivity index (χ1) is 11.5. The summed E-state index contributed by atoms with van der Waals surface area (Å²) in [4.78, 5) is 28.7. The van der Waals surface area contributed by atoms with Crippen molar-refractivity contribution in [2.24, 2.45) is 0 Å². The summed E-state index contributed by atoms with van der Waals surface area (Å²) in [5.74, 6) is -0.128. The number of nitrogens with zero attached hydrogens (tertiary/aromatic N) is 3. The lowest BCUT2D eigenvalue weighted by Gasteiger charge is -2.06. The summed E-state index contributed by atoms with van der Waals surface area (Å²) >= 11 is 3.31. The van der Waals surface area contributed by atoms with E-state index in [-0.39, 0.29) is 12.2 Å². The molecule has 0 spiro atoms. The van der Waals surface area contributed by atoms with Gasteiger partial charge in [0.1, 0.15) is 23.6 Å². The standard InChI is InChI=1S/C16H14BrN3O4/c1-3-12-15(9(2)24-19-12)16(22)23-8-11-6-14(21)20-7-10(17)4-5-13(20)18-11/h4-7H,3,8H2,1-2H3. The molecule has 0 bridgehead atoms. The molecule has 8 heteroatoms. The van der Waals surface area contributed by atoms with Gasteiger partial charge in [-0.3, -0.25) is 9.20 Å². The van der Waals surface area contributed by atoms with Crippen molar-refractivity contribution in [1.29, 1.82) is 0 Å². The molecule has 0 N–H and O–H groups in total. The third kappa shape index (κ3) is 3.09. The average Bonchev–Trinajstić information content (AvgIpc) is 2.94. The van der Waals surface area contributed by atoms with Gasteiger partial charge < -0.3 is 9.26 Å². The number of pyridine rings is 1. The molecule has 0 unspecified atom stereocenters. The molecule has 3 rings (SSSR count). The van der Waals surface area contributed by atoms with Gasteiger partial charge in [0.15, 0.2) is 0 Å². The maximum Gasteiger partial charge on any atom is 0.344 e. The minimum Gasteiger partial charge on any atom is -0.455 e. The summed E-state index contributed by atoms with van der Waals surface area (Å²) in [7, 11) is 0. The summed E-state index contributed by atoms with van der Waals surface area (Å²) in [5, 5.41) is 3.82. The number of aryl methyl sites for hydroxylation is 2. The normalized spacial score (nSPS) is 11.0. The van der Waals surface area contributed by atoms with Gasteiger partial charge in [-0.1, -0.05) is 12.1 Å². The van der Waals surface area contributed by atoms with E-state index >= 15 is 0 Å². The third-order valence-corrected chi connectivity index (χ3v) is 3.97. The van der Waals surface area contributed by atoms with Crippen LogP contribution in [0.3, 0.4) is 0 Å². The van der Waals surface area contributed by atoms with Crippen LogP contribution in [0.4, 0.5) is 0 Å². The molecule has 0 fully saturated rings. The lowest BCUT2D eigenvalue weighted by atomic mass is 10.1. The van der Waals surface area contributed by atoms with Crippen LogP contribution < -0.4 is 5.56 Å². The Kier molecular flexibility index (Phi) is 4.48. The van der Waals surface area contributed by atoms with Crippen LogP contribution in [0.1, 0.15) is 34.4 Å². The average molecular weight is 392 g/mol. The Balaban J connectivity index is 1.83. The topological polar surface area (TPSA) is 86.7 Å². The first kappa shape index (κ1) is 16.4. The molecular formula is C16H14BrN3O4. The van der Waals surface area contributed by atoms with Crippen LogP contribution in [0.25, 0.3) is 5.65 Å². The fourth-order valence-electron chi connectivity index (χ4n) is 2.33. The number of carbonyl (C=O) groups is 1. The molecule has 24 heavy (non-hydrogen) atoms. The molecule has 3 heterocycles. The fraction of sp³-hybridized carbons (Fsp3) is 0.250. The van der Waals surface area contributed by atoms with E-state index in [1.807, 2.05) is 6.92 Å². The Morgan fingerprint density at radius 2 is 2.21 bits per heavy atom. The second-order valence-corrected chi connectivity index (χ2v) is 6.07. The van der Waals surface area contributed by atoms with E-state index in [2.05, 4.69) is 26.1 Å². The second-order valence-electron chi connectivity index (χ2n) is 5.15. The van der Waals surface area contributed by atoms with Gasteiger partial charge >= 0.3 is 5.97 Å². The number of ether oxygens (including phenoxy) is 1. The number of fused-ring (bicyclic) bond motifs is 1. The smallest absolute Gasteiger partial charge is 0.344 e. The van der Waals surface area contributed by atoms with Crippen LogP contribution in [0.2, 0.25) is 0 Å². The first-order valence-corrected chi connectivity index (χ1v) is 8.09. The van der Waals surface area contributed by atoms with Gasteiger partial charge in [-0.05, 0) is 41.4 Å². The maximum atomic E-state index is 12.2. The van der Waals surface area contributed by atoms with E-state index in [9.17, 15) is 9.59 Å². The van der Waals surface area contributed by atoms with E-state index in [1.165, 1.54) is 10.5 Å². The van der Waals surface area contributed by atoms with Gasteiger partial charge in [0, 0.05) is 16.7 Å². The molecule has 0 radical (unpaired) electrons. The number of aromatic nitrogens is 3. The number of hydrogen-bond acceptors (Lipinski definition) is 6. The van der Waals surface area contributed by atoms with Crippen molar-refractivity contribution < 1.29 is 14.1 Å². The number of hydrogen-bond donors (Lipinski definition) is 0. The zero-order valence-electron chi connectivity index (χ0n) is 13.1. The summed E-state index contributed by atoms with van der Waals surface area (Å²) in [6.45, 7) is 3.42. The molecule has 0 saturated carbocycles. The molecule has 0 aliphatic carbocycles. The van der Waals surface area contributed by atoms with Crippen molar-refractivity contribution in [2.75, 3.05) is 0 Å². The molecular weight excluding hydrogens is 378 g/mol. The van der Waals surface area contributed by atoms with E-state index in [4.69, 9.17) is 9.26 Å². The van der Waals surface area contributed by atoms with Crippen LogP contribution in [-0.4, -0.2) is 20.5 Å². The monoisotopic (exact) mass is 391 g/mol. The predicted molar refractivity (Wildman–Crippen MR) is 88.9 cm³/mol. The van der Waals surface area contributed by atoms with E-state index in [0.717, 1.165) is 4.47 Å². The van der Waals surface area contributed by atoms with Crippen LogP contribution in [-0.2, 0) is 17.8 Å². The Labute approximate surface area is 145 Å². The fourth-order valence-corrected chi connectivity index (χ4v) is 2.67. The molecule has 0 aliphatic heterocycles. The summed E-state index contributed by atoms with van der Waals surface area (Å²) < 4.78 is 12.5. The van der Waals surface area contributed by atoms with Crippen molar-refractivity contribution in [3.63, 3.8) is 0 Å². The molecule has 0 atom stereocenters. The van der Waals surface area contributed by atoms with Crippen molar-refractivity contribution in [3.8, 4) is 0 Å². The Morgan fingerprint density at radius 3 is 2.96 bits per heavy atom. The number of halogens is 1. The largest absolute Gasteiger partial charge is 0.455 e. The highest BCUT2D eigenvalue weighted by Gasteiger charge is 2.20. The second kappa shape index (κ2) is 6.56. The number of esters is 1. The molecule has 0 saturated heterocycles. The molecule has 124 valence electrons. The minimum absolute atomic E-state index is 0.103. The van der Waals surface area contributed by atoms with Crippen LogP contribution in [0, 0.1) is 6.92 Å². The van der Waals surface area contributed by atoms with E-state index < -0.39 is 5.97 Å². The highest BCUT2D eigenvalue weighted by molar-refractivity contribution is 9.10. The van der Waals surface area contributed by atoms with Gasteiger partial charge in [-0.25, -0.2) is 9.78 Å². The van der Waals surface area contributed by atoms with Gasteiger partial charge in [-0.2, -0.15) is 0 Å². The lowest BCUT2D eigenvalue weighted by Crippen LogP contribution is -2.17. The van der Waals surface area contributed by atoms with E-state index in [1.54, 1.807) is 25.3 Å². The summed E-state index contributed by atoms with van der Waals surface area (Å²) in [6, 6.07) is 4.83. The van der Waals surface area contributed by atoms with Gasteiger partial charge in [0.2, 0.25) is 0 Å². The lowest BCUT2D eigenvalue weighted by molar-refractivity contribution is 0.0464. The van der Waals surface area contributed by atoms with E-state index in [0.29, 0.717) is 34.8 Å². The Morgan fingerprint density at radius 1 is 1.42 bits per heavy atom. The molecule has 0 aromatic carbocycles. The first-order valence-electron chi connectivity index (χ1n) is 7.29. The molecule has 0 aliphatic rings. The highest BCUT2D eigenvalue weighted by Crippen LogP contribution is 2.16. The number of rotatable bonds is 4. The van der Waals surface area contributed by atoms with Crippen molar-refractivity contribution >= 4 is 27.5 Å². The van der Waals surface area contributed by atoms with Crippen molar-refractivity contribution in [1.82, 2.24) is 14.5 Å². The van der Waals surface area contributed by atoms with Crippen LogP contribution in [0.5, 0.6) is 0 Å². The Hall–Kier alpha value is -2.48. The van der Waals surface area contributed by atoms with Gasteiger partial charge in [0.05, 0.1) is 11.4 Å². The maximum absolute atomic E-state index is 12.2. The molecule has 3 aromatic rings. The Bertz CT molecular complexity index is 977. The van der Waals surface area contributed by atoms with Gasteiger partial charge in [-0.15, -0.1) is 0 Å². The predicted octanol–water partition coefficient (Wildman–Crippen LogP) is 2.67.